The normalized spacial score (nSPS) is 15.7. The second kappa shape index (κ2) is 5.37. The monoisotopic (exact) mass is 310 g/mol. The van der Waals surface area contributed by atoms with Crippen molar-refractivity contribution in [1.29, 1.82) is 0 Å². The van der Waals surface area contributed by atoms with E-state index in [-0.39, 0.29) is 0 Å². The van der Waals surface area contributed by atoms with Crippen LogP contribution >= 0.6 is 22.7 Å². The molecule has 3 rings (SSSR count). The first-order valence-corrected chi connectivity index (χ1v) is 7.95. The van der Waals surface area contributed by atoms with Gasteiger partial charge in [0.05, 0.1) is 5.69 Å². The van der Waals surface area contributed by atoms with Gasteiger partial charge in [-0.25, -0.2) is 14.8 Å². The summed E-state index contributed by atoms with van der Waals surface area (Å²) in [5.74, 6) is -0.896. The lowest BCUT2D eigenvalue weighted by atomic mass is 10.3. The van der Waals surface area contributed by atoms with Crippen LogP contribution in [0.1, 0.15) is 15.4 Å². The highest BCUT2D eigenvalue weighted by Crippen LogP contribution is 2.28. The lowest BCUT2D eigenvalue weighted by molar-refractivity contribution is 0.0701. The van der Waals surface area contributed by atoms with E-state index in [1.54, 1.807) is 18.3 Å². The molecule has 2 aromatic rings. The Kier molecular flexibility index (Phi) is 3.58. The van der Waals surface area contributed by atoms with E-state index in [4.69, 9.17) is 5.11 Å². The number of hydrogen-bond acceptors (Lipinski definition) is 7. The van der Waals surface area contributed by atoms with Gasteiger partial charge in [0, 0.05) is 37.8 Å². The summed E-state index contributed by atoms with van der Waals surface area (Å²) in [7, 11) is 0. The van der Waals surface area contributed by atoms with Gasteiger partial charge in [0.25, 0.3) is 0 Å². The number of carboxylic acids is 1. The number of nitrogens with zero attached hydrogens (tertiary/aromatic N) is 4. The maximum atomic E-state index is 11.1. The zero-order chi connectivity index (χ0) is 14.1. The Hall–Kier alpha value is -1.67. The molecule has 1 aliphatic heterocycles. The minimum Gasteiger partial charge on any atom is -0.477 e. The van der Waals surface area contributed by atoms with Crippen molar-refractivity contribution in [3.63, 3.8) is 0 Å². The molecule has 2 aromatic heterocycles. The molecule has 0 aromatic carbocycles. The number of anilines is 2. The van der Waals surface area contributed by atoms with Crippen LogP contribution in [0.2, 0.25) is 0 Å². The highest BCUT2D eigenvalue weighted by molar-refractivity contribution is 7.17. The van der Waals surface area contributed by atoms with E-state index in [2.05, 4.69) is 19.8 Å². The smallest absolute Gasteiger partial charge is 0.347 e. The zero-order valence-corrected chi connectivity index (χ0v) is 12.6. The van der Waals surface area contributed by atoms with Crippen LogP contribution in [-0.2, 0) is 0 Å². The molecule has 0 spiro atoms. The Morgan fingerprint density at radius 3 is 2.40 bits per heavy atom. The van der Waals surface area contributed by atoms with Gasteiger partial charge in [0.15, 0.2) is 10.3 Å². The van der Waals surface area contributed by atoms with Gasteiger partial charge in [0.1, 0.15) is 4.88 Å². The minimum atomic E-state index is -0.896. The van der Waals surface area contributed by atoms with Gasteiger partial charge >= 0.3 is 5.97 Å². The number of carboxylic acid groups (broad SMARTS) is 1. The molecule has 1 fully saturated rings. The second-order valence-corrected chi connectivity index (χ2v) is 6.36. The average Bonchev–Trinajstić information content (AvgIpc) is 3.08. The summed E-state index contributed by atoms with van der Waals surface area (Å²) in [6, 6.07) is 0. The lowest BCUT2D eigenvalue weighted by Gasteiger charge is -2.34. The molecule has 6 nitrogen and oxygen atoms in total. The third kappa shape index (κ3) is 2.48. The fraction of sp³-hybridized carbons (Fsp3) is 0.417. The molecule has 20 heavy (non-hydrogen) atoms. The van der Waals surface area contributed by atoms with Crippen molar-refractivity contribution in [1.82, 2.24) is 9.97 Å². The number of aryl methyl sites for hydroxylation is 1. The largest absolute Gasteiger partial charge is 0.477 e. The van der Waals surface area contributed by atoms with Crippen molar-refractivity contribution in [3.8, 4) is 0 Å². The van der Waals surface area contributed by atoms with Crippen LogP contribution < -0.4 is 9.80 Å². The van der Waals surface area contributed by atoms with Gasteiger partial charge in [0.2, 0.25) is 0 Å². The quantitative estimate of drug-likeness (QED) is 0.934. The van der Waals surface area contributed by atoms with E-state index in [1.165, 1.54) is 11.3 Å². The molecule has 3 heterocycles. The highest BCUT2D eigenvalue weighted by atomic mass is 32.1. The van der Waals surface area contributed by atoms with E-state index in [0.717, 1.165) is 36.4 Å². The second-order valence-electron chi connectivity index (χ2n) is 4.50. The summed E-state index contributed by atoms with van der Waals surface area (Å²) < 4.78 is 0. The number of piperazine rings is 1. The molecular weight excluding hydrogens is 296 g/mol. The Bertz CT molecular complexity index is 603. The molecule has 0 unspecified atom stereocenters. The Balaban J connectivity index is 1.69. The molecule has 0 saturated carbocycles. The maximum Gasteiger partial charge on any atom is 0.347 e. The fourth-order valence-corrected chi connectivity index (χ4v) is 3.83. The van der Waals surface area contributed by atoms with Crippen molar-refractivity contribution in [2.75, 3.05) is 36.0 Å². The van der Waals surface area contributed by atoms with E-state index < -0.39 is 5.97 Å². The van der Waals surface area contributed by atoms with Gasteiger partial charge in [-0.05, 0) is 6.92 Å². The van der Waals surface area contributed by atoms with Gasteiger partial charge in [-0.15, -0.1) is 11.3 Å². The first kappa shape index (κ1) is 13.3. The van der Waals surface area contributed by atoms with Crippen LogP contribution in [0, 0.1) is 6.92 Å². The first-order chi connectivity index (χ1) is 9.65. The van der Waals surface area contributed by atoms with Crippen molar-refractivity contribution in [2.45, 2.75) is 6.92 Å². The Labute approximate surface area is 124 Å². The standard InChI is InChI=1S/C12H14N4O2S2/c1-8-9(10(17)18)20-12(14-8)16-5-3-15(4-6-16)11-13-2-7-19-11/h2,7H,3-6H2,1H3,(H,17,18). The van der Waals surface area contributed by atoms with Crippen molar-refractivity contribution in [2.24, 2.45) is 0 Å². The van der Waals surface area contributed by atoms with Crippen molar-refractivity contribution < 1.29 is 9.90 Å². The van der Waals surface area contributed by atoms with Crippen LogP contribution in [0.25, 0.3) is 0 Å². The number of aromatic carboxylic acids is 1. The van der Waals surface area contributed by atoms with Gasteiger partial charge < -0.3 is 14.9 Å². The van der Waals surface area contributed by atoms with Crippen LogP contribution in [0.15, 0.2) is 11.6 Å². The molecule has 1 aliphatic rings. The van der Waals surface area contributed by atoms with Crippen LogP contribution in [-0.4, -0.2) is 47.2 Å². The Morgan fingerprint density at radius 1 is 1.25 bits per heavy atom. The summed E-state index contributed by atoms with van der Waals surface area (Å²) in [6.07, 6.45) is 1.82. The molecule has 0 atom stereocenters. The zero-order valence-electron chi connectivity index (χ0n) is 10.9. The number of rotatable bonds is 3. The first-order valence-electron chi connectivity index (χ1n) is 6.25. The van der Waals surface area contributed by atoms with E-state index in [9.17, 15) is 4.79 Å². The summed E-state index contributed by atoms with van der Waals surface area (Å²) in [5.41, 5.74) is 0.597. The SMILES string of the molecule is Cc1nc(N2CCN(c3nccs3)CC2)sc1C(=O)O. The highest BCUT2D eigenvalue weighted by Gasteiger charge is 2.23. The third-order valence-electron chi connectivity index (χ3n) is 3.22. The third-order valence-corrected chi connectivity index (χ3v) is 5.26. The van der Waals surface area contributed by atoms with Gasteiger partial charge in [-0.3, -0.25) is 0 Å². The molecule has 106 valence electrons. The molecule has 8 heteroatoms. The van der Waals surface area contributed by atoms with Crippen LogP contribution in [0.4, 0.5) is 10.3 Å². The summed E-state index contributed by atoms with van der Waals surface area (Å²) in [6.45, 7) is 5.19. The number of thiazole rings is 2. The predicted octanol–water partition coefficient (Wildman–Crippen LogP) is 1.93. The molecular formula is C12H14N4O2S2. The lowest BCUT2D eigenvalue weighted by Crippen LogP contribution is -2.46. The van der Waals surface area contributed by atoms with E-state index in [1.807, 2.05) is 11.6 Å². The molecule has 0 bridgehead atoms. The Morgan fingerprint density at radius 2 is 1.90 bits per heavy atom. The van der Waals surface area contributed by atoms with Gasteiger partial charge in [-0.2, -0.15) is 0 Å². The number of aromatic nitrogens is 2. The summed E-state index contributed by atoms with van der Waals surface area (Å²) >= 11 is 2.90. The summed E-state index contributed by atoms with van der Waals surface area (Å²) in [4.78, 5) is 24.5. The molecule has 0 amide bonds. The van der Waals surface area contributed by atoms with Crippen molar-refractivity contribution in [3.05, 3.63) is 22.1 Å². The topological polar surface area (TPSA) is 69.6 Å². The fourth-order valence-electron chi connectivity index (χ4n) is 2.18. The summed E-state index contributed by atoms with van der Waals surface area (Å²) in [5, 5.41) is 12.9. The van der Waals surface area contributed by atoms with Gasteiger partial charge in [-0.1, -0.05) is 11.3 Å². The molecule has 0 aliphatic carbocycles. The minimum absolute atomic E-state index is 0.336. The number of carbonyl (C=O) groups is 1. The number of hydrogen-bond donors (Lipinski definition) is 1. The van der Waals surface area contributed by atoms with Crippen molar-refractivity contribution >= 4 is 38.9 Å². The van der Waals surface area contributed by atoms with E-state index in [0.29, 0.717) is 10.6 Å². The predicted molar refractivity (Wildman–Crippen MR) is 80.4 cm³/mol. The van der Waals surface area contributed by atoms with Crippen LogP contribution in [0.5, 0.6) is 0 Å². The molecule has 1 N–H and O–H groups in total. The molecule has 1 saturated heterocycles. The van der Waals surface area contributed by atoms with E-state index >= 15 is 0 Å². The average molecular weight is 310 g/mol. The van der Waals surface area contributed by atoms with Crippen LogP contribution in [0.3, 0.4) is 0 Å². The maximum absolute atomic E-state index is 11.1. The molecule has 0 radical (unpaired) electrons.